The fourth-order valence-electron chi connectivity index (χ4n) is 5.17. The quantitative estimate of drug-likeness (QED) is 0.742. The van der Waals surface area contributed by atoms with Crippen molar-refractivity contribution in [2.45, 2.75) is 58.1 Å². The van der Waals surface area contributed by atoms with Crippen LogP contribution in [0.3, 0.4) is 0 Å². The minimum Gasteiger partial charge on any atom is -0.393 e. The van der Waals surface area contributed by atoms with E-state index in [-0.39, 0.29) is 12.0 Å². The number of rotatable bonds is 0. The Labute approximate surface area is 126 Å². The van der Waals surface area contributed by atoms with Crippen molar-refractivity contribution < 1.29 is 9.90 Å². The second kappa shape index (κ2) is 4.80. The molecule has 2 aliphatic carbocycles. The molecule has 4 nitrogen and oxygen atoms in total. The van der Waals surface area contributed by atoms with Gasteiger partial charge in [-0.2, -0.15) is 0 Å². The Balaban J connectivity index is 1.71. The zero-order chi connectivity index (χ0) is 14.7. The first-order chi connectivity index (χ1) is 10.1. The highest BCUT2D eigenvalue weighted by molar-refractivity contribution is 6.08. The van der Waals surface area contributed by atoms with Crippen molar-refractivity contribution >= 4 is 11.7 Å². The number of amides is 1. The first-order valence-electron chi connectivity index (χ1n) is 8.63. The predicted molar refractivity (Wildman–Crippen MR) is 80.8 cm³/mol. The molecule has 3 fully saturated rings. The summed E-state index contributed by atoms with van der Waals surface area (Å²) < 4.78 is 0. The van der Waals surface area contributed by atoms with Gasteiger partial charge in [0, 0.05) is 18.4 Å². The topological polar surface area (TPSA) is 52.9 Å². The minimum atomic E-state index is -0.172. The SMILES string of the molecule is CC1N=C2C3C(CCC4CCC(O)CC43)C(=O)N2C[C@H]1C. The molecule has 2 aliphatic heterocycles. The van der Waals surface area contributed by atoms with Crippen LogP contribution in [0.1, 0.15) is 46.0 Å². The van der Waals surface area contributed by atoms with Crippen LogP contribution in [-0.4, -0.2) is 40.4 Å². The first kappa shape index (κ1) is 13.7. The summed E-state index contributed by atoms with van der Waals surface area (Å²) in [6.07, 6.45) is 4.96. The standard InChI is InChI=1S/C17H26N2O2/c1-9-8-19-16(18-10(9)2)15-13(17(19)21)6-4-11-3-5-12(20)7-14(11)15/h9-15,20H,3-8H2,1-2H3/t9-,10?,11?,12?,13?,14?,15?/m1/s1. The fraction of sp³-hybridized carbons (Fsp3) is 0.882. The van der Waals surface area contributed by atoms with Crippen molar-refractivity contribution in [2.24, 2.45) is 34.6 Å². The Morgan fingerprint density at radius 2 is 1.95 bits per heavy atom. The maximum atomic E-state index is 12.8. The van der Waals surface area contributed by atoms with Gasteiger partial charge in [0.15, 0.2) is 0 Å². The summed E-state index contributed by atoms with van der Waals surface area (Å²) in [5.41, 5.74) is 0. The Kier molecular flexibility index (Phi) is 3.14. The molecule has 1 amide bonds. The van der Waals surface area contributed by atoms with Crippen molar-refractivity contribution in [1.82, 2.24) is 4.90 Å². The van der Waals surface area contributed by atoms with Gasteiger partial charge in [-0.3, -0.25) is 14.7 Å². The van der Waals surface area contributed by atoms with E-state index in [0.29, 0.717) is 35.6 Å². The lowest BCUT2D eigenvalue weighted by molar-refractivity contribution is -0.132. The van der Waals surface area contributed by atoms with Crippen LogP contribution in [0.2, 0.25) is 0 Å². The highest BCUT2D eigenvalue weighted by atomic mass is 16.3. The number of carbonyl (C=O) groups excluding carboxylic acids is 1. The average molecular weight is 290 g/mol. The monoisotopic (exact) mass is 290 g/mol. The maximum absolute atomic E-state index is 12.8. The highest BCUT2D eigenvalue weighted by Crippen LogP contribution is 2.51. The van der Waals surface area contributed by atoms with Gasteiger partial charge in [-0.25, -0.2) is 0 Å². The lowest BCUT2D eigenvalue weighted by atomic mass is 9.61. The Hall–Kier alpha value is -0.900. The molecular formula is C17H26N2O2. The number of carbonyl (C=O) groups is 1. The Morgan fingerprint density at radius 3 is 2.76 bits per heavy atom. The zero-order valence-corrected chi connectivity index (χ0v) is 13.0. The summed E-state index contributed by atoms with van der Waals surface area (Å²) in [5, 5.41) is 10.1. The van der Waals surface area contributed by atoms with Gasteiger partial charge in [-0.1, -0.05) is 6.92 Å². The molecule has 116 valence electrons. The van der Waals surface area contributed by atoms with Crippen molar-refractivity contribution in [1.29, 1.82) is 0 Å². The number of hydrogen-bond acceptors (Lipinski definition) is 3. The summed E-state index contributed by atoms with van der Waals surface area (Å²) in [7, 11) is 0. The lowest BCUT2D eigenvalue weighted by Crippen LogP contribution is -2.45. The largest absolute Gasteiger partial charge is 0.393 e. The van der Waals surface area contributed by atoms with E-state index in [1.165, 1.54) is 0 Å². The van der Waals surface area contributed by atoms with E-state index in [9.17, 15) is 9.90 Å². The number of hydrogen-bond donors (Lipinski definition) is 1. The van der Waals surface area contributed by atoms with Crippen LogP contribution >= 0.6 is 0 Å². The summed E-state index contributed by atoms with van der Waals surface area (Å²) >= 11 is 0. The van der Waals surface area contributed by atoms with Gasteiger partial charge in [-0.05, 0) is 56.8 Å². The van der Waals surface area contributed by atoms with Crippen LogP contribution in [-0.2, 0) is 4.79 Å². The van der Waals surface area contributed by atoms with Crippen LogP contribution < -0.4 is 0 Å². The molecule has 1 N–H and O–H groups in total. The van der Waals surface area contributed by atoms with Crippen LogP contribution in [0.4, 0.5) is 0 Å². The molecule has 0 spiro atoms. The molecule has 4 rings (SSSR count). The molecule has 21 heavy (non-hydrogen) atoms. The smallest absolute Gasteiger partial charge is 0.231 e. The van der Waals surface area contributed by atoms with Gasteiger partial charge in [0.2, 0.25) is 5.91 Å². The number of aliphatic imine (C=N–C) groups is 1. The van der Waals surface area contributed by atoms with Crippen LogP contribution in [0.5, 0.6) is 0 Å². The second-order valence-corrected chi connectivity index (χ2v) is 7.75. The normalized spacial score (nSPS) is 49.3. The molecule has 4 heteroatoms. The number of nitrogens with zero attached hydrogens (tertiary/aromatic N) is 2. The summed E-state index contributed by atoms with van der Waals surface area (Å²) in [4.78, 5) is 19.7. The van der Waals surface area contributed by atoms with Gasteiger partial charge in [0.25, 0.3) is 0 Å². The van der Waals surface area contributed by atoms with E-state index >= 15 is 0 Å². The van der Waals surface area contributed by atoms with E-state index in [4.69, 9.17) is 4.99 Å². The predicted octanol–water partition coefficient (Wildman–Crippen LogP) is 2.07. The van der Waals surface area contributed by atoms with E-state index < -0.39 is 0 Å². The third-order valence-corrected chi connectivity index (χ3v) is 6.55. The molecule has 0 aromatic heterocycles. The van der Waals surface area contributed by atoms with Crippen molar-refractivity contribution in [3.05, 3.63) is 0 Å². The van der Waals surface area contributed by atoms with Crippen molar-refractivity contribution in [2.75, 3.05) is 6.54 Å². The summed E-state index contributed by atoms with van der Waals surface area (Å²) in [6, 6.07) is 0.316. The molecule has 4 aliphatic rings. The maximum Gasteiger partial charge on any atom is 0.231 e. The molecule has 0 bridgehead atoms. The highest BCUT2D eigenvalue weighted by Gasteiger charge is 2.55. The zero-order valence-electron chi connectivity index (χ0n) is 13.0. The molecular weight excluding hydrogens is 264 g/mol. The number of aliphatic hydroxyl groups is 1. The molecule has 2 saturated carbocycles. The minimum absolute atomic E-state index is 0.146. The van der Waals surface area contributed by atoms with Crippen LogP contribution in [0, 0.1) is 29.6 Å². The molecule has 7 atom stereocenters. The van der Waals surface area contributed by atoms with Crippen LogP contribution in [0.25, 0.3) is 0 Å². The molecule has 2 heterocycles. The molecule has 0 aromatic rings. The Morgan fingerprint density at radius 1 is 1.19 bits per heavy atom. The van der Waals surface area contributed by atoms with Gasteiger partial charge >= 0.3 is 0 Å². The van der Waals surface area contributed by atoms with Crippen molar-refractivity contribution in [3.63, 3.8) is 0 Å². The summed E-state index contributed by atoms with van der Waals surface area (Å²) in [5.74, 6) is 3.44. The Bertz CT molecular complexity index is 489. The molecule has 0 radical (unpaired) electrons. The van der Waals surface area contributed by atoms with Crippen LogP contribution in [0.15, 0.2) is 4.99 Å². The van der Waals surface area contributed by atoms with E-state index in [1.807, 2.05) is 4.90 Å². The molecule has 0 aromatic carbocycles. The third-order valence-electron chi connectivity index (χ3n) is 6.55. The number of aliphatic hydroxyl groups excluding tert-OH is 1. The van der Waals surface area contributed by atoms with Gasteiger partial charge in [-0.15, -0.1) is 0 Å². The van der Waals surface area contributed by atoms with E-state index in [2.05, 4.69) is 13.8 Å². The number of amidine groups is 1. The lowest BCUT2D eigenvalue weighted by Gasteiger charge is -2.43. The van der Waals surface area contributed by atoms with Gasteiger partial charge in [0.1, 0.15) is 5.84 Å². The third kappa shape index (κ3) is 1.98. The fourth-order valence-corrected chi connectivity index (χ4v) is 5.17. The van der Waals surface area contributed by atoms with E-state index in [1.54, 1.807) is 0 Å². The van der Waals surface area contributed by atoms with Gasteiger partial charge in [0.05, 0.1) is 12.1 Å². The summed E-state index contributed by atoms with van der Waals surface area (Å²) in [6.45, 7) is 5.20. The number of fused-ring (bicyclic) bond motifs is 5. The van der Waals surface area contributed by atoms with Gasteiger partial charge < -0.3 is 5.11 Å². The second-order valence-electron chi connectivity index (χ2n) is 7.75. The first-order valence-corrected chi connectivity index (χ1v) is 8.63. The van der Waals surface area contributed by atoms with Crippen molar-refractivity contribution in [3.8, 4) is 0 Å². The molecule has 1 saturated heterocycles. The van der Waals surface area contributed by atoms with E-state index in [0.717, 1.165) is 44.5 Å². The average Bonchev–Trinajstić information content (AvgIpc) is 2.73. The molecule has 6 unspecified atom stereocenters.